The Morgan fingerprint density at radius 1 is 1.14 bits per heavy atom. The SMILES string of the molecule is O=C(N[C@@H]1CCCN(c2cc(-c3ccccc3)[nH]n2)C1)c1cc(F)ccc1F. The second kappa shape index (κ2) is 7.80. The first kappa shape index (κ1) is 18.2. The van der Waals surface area contributed by atoms with Gasteiger partial charge >= 0.3 is 0 Å². The van der Waals surface area contributed by atoms with Crippen LogP contribution in [0.3, 0.4) is 0 Å². The van der Waals surface area contributed by atoms with E-state index in [0.717, 1.165) is 54.7 Å². The van der Waals surface area contributed by atoms with Crippen molar-refractivity contribution in [1.82, 2.24) is 15.5 Å². The summed E-state index contributed by atoms with van der Waals surface area (Å²) in [6.45, 7) is 1.38. The van der Waals surface area contributed by atoms with Crippen LogP contribution in [0.5, 0.6) is 0 Å². The number of benzene rings is 2. The first-order valence-corrected chi connectivity index (χ1v) is 9.22. The Morgan fingerprint density at radius 2 is 1.96 bits per heavy atom. The Hall–Kier alpha value is -3.22. The Bertz CT molecular complexity index is 974. The van der Waals surface area contributed by atoms with Crippen molar-refractivity contribution in [3.8, 4) is 11.3 Å². The lowest BCUT2D eigenvalue weighted by Crippen LogP contribution is -2.48. The van der Waals surface area contributed by atoms with Crippen LogP contribution in [-0.2, 0) is 0 Å². The molecular weight excluding hydrogens is 362 g/mol. The number of aromatic nitrogens is 2. The summed E-state index contributed by atoms with van der Waals surface area (Å²) in [4.78, 5) is 14.4. The molecule has 2 N–H and O–H groups in total. The Kier molecular flexibility index (Phi) is 5.06. The average Bonchev–Trinajstić information content (AvgIpc) is 3.21. The number of carbonyl (C=O) groups excluding carboxylic acids is 1. The fourth-order valence-corrected chi connectivity index (χ4v) is 3.48. The van der Waals surface area contributed by atoms with Crippen LogP contribution in [0.1, 0.15) is 23.2 Å². The molecule has 1 aliphatic rings. The number of piperidine rings is 1. The molecule has 144 valence electrons. The minimum atomic E-state index is -0.730. The van der Waals surface area contributed by atoms with E-state index in [2.05, 4.69) is 20.4 Å². The number of anilines is 1. The molecule has 0 aliphatic carbocycles. The van der Waals surface area contributed by atoms with Gasteiger partial charge in [0.25, 0.3) is 5.91 Å². The van der Waals surface area contributed by atoms with Crippen LogP contribution in [0.2, 0.25) is 0 Å². The first-order chi connectivity index (χ1) is 13.6. The van der Waals surface area contributed by atoms with Gasteiger partial charge in [-0.2, -0.15) is 5.10 Å². The van der Waals surface area contributed by atoms with E-state index in [-0.39, 0.29) is 11.6 Å². The zero-order chi connectivity index (χ0) is 19.5. The average molecular weight is 382 g/mol. The number of hydrogen-bond acceptors (Lipinski definition) is 3. The standard InChI is InChI=1S/C21H20F2N4O/c22-15-8-9-18(23)17(11-15)21(28)24-16-7-4-10-27(13-16)20-12-19(25-26-20)14-5-2-1-3-6-14/h1-3,5-6,8-9,11-12,16H,4,7,10,13H2,(H,24,28)(H,25,26)/t16-/m1/s1. The van der Waals surface area contributed by atoms with Crippen LogP contribution in [0.25, 0.3) is 11.3 Å². The van der Waals surface area contributed by atoms with Crippen molar-refractivity contribution >= 4 is 11.7 Å². The van der Waals surface area contributed by atoms with Gasteiger partial charge in [0.2, 0.25) is 0 Å². The largest absolute Gasteiger partial charge is 0.353 e. The Morgan fingerprint density at radius 3 is 2.79 bits per heavy atom. The number of H-pyrrole nitrogens is 1. The van der Waals surface area contributed by atoms with Crippen LogP contribution < -0.4 is 10.2 Å². The fraction of sp³-hybridized carbons (Fsp3) is 0.238. The molecule has 1 fully saturated rings. The van der Waals surface area contributed by atoms with Gasteiger partial charge in [-0.1, -0.05) is 30.3 Å². The van der Waals surface area contributed by atoms with E-state index in [1.165, 1.54) is 0 Å². The van der Waals surface area contributed by atoms with Gasteiger partial charge in [-0.15, -0.1) is 0 Å². The molecule has 5 nitrogen and oxygen atoms in total. The summed E-state index contributed by atoms with van der Waals surface area (Å²) in [6, 6.07) is 14.6. The summed E-state index contributed by atoms with van der Waals surface area (Å²) in [5.74, 6) is -1.17. The highest BCUT2D eigenvalue weighted by molar-refractivity contribution is 5.94. The van der Waals surface area contributed by atoms with E-state index >= 15 is 0 Å². The topological polar surface area (TPSA) is 61.0 Å². The van der Waals surface area contributed by atoms with Gasteiger partial charge in [0.05, 0.1) is 11.3 Å². The van der Waals surface area contributed by atoms with Crippen molar-refractivity contribution in [1.29, 1.82) is 0 Å². The van der Waals surface area contributed by atoms with Crippen molar-refractivity contribution in [3.05, 3.63) is 71.8 Å². The van der Waals surface area contributed by atoms with Gasteiger partial charge < -0.3 is 10.2 Å². The fourth-order valence-electron chi connectivity index (χ4n) is 3.48. The van der Waals surface area contributed by atoms with Crippen LogP contribution in [0, 0.1) is 11.6 Å². The predicted molar refractivity (Wildman–Crippen MR) is 103 cm³/mol. The van der Waals surface area contributed by atoms with Crippen LogP contribution in [-0.4, -0.2) is 35.2 Å². The highest BCUT2D eigenvalue weighted by Gasteiger charge is 2.24. The maximum Gasteiger partial charge on any atom is 0.254 e. The maximum atomic E-state index is 13.8. The quantitative estimate of drug-likeness (QED) is 0.722. The molecule has 0 saturated carbocycles. The van der Waals surface area contributed by atoms with Crippen LogP contribution in [0.4, 0.5) is 14.6 Å². The lowest BCUT2D eigenvalue weighted by molar-refractivity contribution is 0.0928. The van der Waals surface area contributed by atoms with Crippen LogP contribution in [0.15, 0.2) is 54.6 Å². The normalized spacial score (nSPS) is 16.8. The van der Waals surface area contributed by atoms with E-state index in [4.69, 9.17) is 0 Å². The number of rotatable bonds is 4. The van der Waals surface area contributed by atoms with Gasteiger partial charge in [0, 0.05) is 25.2 Å². The predicted octanol–water partition coefficient (Wildman–Crippen LogP) is 3.75. The summed E-state index contributed by atoms with van der Waals surface area (Å²) in [7, 11) is 0. The Labute approximate surface area is 161 Å². The molecule has 3 aromatic rings. The number of nitrogens with one attached hydrogen (secondary N) is 2. The third kappa shape index (κ3) is 3.88. The second-order valence-electron chi connectivity index (χ2n) is 6.89. The monoisotopic (exact) mass is 382 g/mol. The third-order valence-corrected chi connectivity index (χ3v) is 4.90. The number of aromatic amines is 1. The molecule has 4 rings (SSSR count). The molecule has 1 aliphatic heterocycles. The highest BCUT2D eigenvalue weighted by atomic mass is 19.1. The number of halogens is 2. The number of nitrogens with zero attached hydrogens (tertiary/aromatic N) is 2. The molecule has 1 atom stereocenters. The van der Waals surface area contributed by atoms with Gasteiger partial charge in [0.1, 0.15) is 11.6 Å². The van der Waals surface area contributed by atoms with E-state index < -0.39 is 17.5 Å². The molecule has 0 radical (unpaired) electrons. The molecule has 7 heteroatoms. The van der Waals surface area contributed by atoms with Crippen LogP contribution >= 0.6 is 0 Å². The minimum Gasteiger partial charge on any atom is -0.353 e. The highest BCUT2D eigenvalue weighted by Crippen LogP contribution is 2.24. The number of carbonyl (C=O) groups is 1. The summed E-state index contributed by atoms with van der Waals surface area (Å²) < 4.78 is 27.2. The molecule has 28 heavy (non-hydrogen) atoms. The van der Waals surface area contributed by atoms with Gasteiger partial charge in [-0.3, -0.25) is 9.89 Å². The lowest BCUT2D eigenvalue weighted by atomic mass is 10.0. The van der Waals surface area contributed by atoms with E-state index in [0.29, 0.717) is 6.54 Å². The van der Waals surface area contributed by atoms with Gasteiger partial charge in [0.15, 0.2) is 5.82 Å². The molecule has 1 saturated heterocycles. The maximum absolute atomic E-state index is 13.8. The molecule has 1 amide bonds. The molecular formula is C21H20F2N4O. The summed E-state index contributed by atoms with van der Waals surface area (Å²) in [5, 5.41) is 10.3. The summed E-state index contributed by atoms with van der Waals surface area (Å²) in [5.41, 5.74) is 1.69. The molecule has 2 aromatic carbocycles. The first-order valence-electron chi connectivity index (χ1n) is 9.22. The van der Waals surface area contributed by atoms with Crippen molar-refractivity contribution in [2.75, 3.05) is 18.0 Å². The molecule has 2 heterocycles. The Balaban J connectivity index is 1.44. The smallest absolute Gasteiger partial charge is 0.254 e. The minimum absolute atomic E-state index is 0.166. The van der Waals surface area contributed by atoms with E-state index in [1.807, 2.05) is 36.4 Å². The van der Waals surface area contributed by atoms with Gasteiger partial charge in [-0.05, 0) is 36.6 Å². The zero-order valence-corrected chi connectivity index (χ0v) is 15.2. The van der Waals surface area contributed by atoms with Crippen molar-refractivity contribution in [2.24, 2.45) is 0 Å². The number of hydrogen-bond donors (Lipinski definition) is 2. The van der Waals surface area contributed by atoms with Crippen molar-refractivity contribution in [3.63, 3.8) is 0 Å². The van der Waals surface area contributed by atoms with Crippen molar-refractivity contribution < 1.29 is 13.6 Å². The van der Waals surface area contributed by atoms with E-state index in [9.17, 15) is 13.6 Å². The zero-order valence-electron chi connectivity index (χ0n) is 15.2. The molecule has 0 bridgehead atoms. The summed E-state index contributed by atoms with van der Waals surface area (Å²) >= 11 is 0. The molecule has 0 unspecified atom stereocenters. The van der Waals surface area contributed by atoms with Crippen molar-refractivity contribution in [2.45, 2.75) is 18.9 Å². The lowest BCUT2D eigenvalue weighted by Gasteiger charge is -2.33. The second-order valence-corrected chi connectivity index (χ2v) is 6.89. The molecule has 0 spiro atoms. The number of amides is 1. The van der Waals surface area contributed by atoms with Gasteiger partial charge in [-0.25, -0.2) is 8.78 Å². The van der Waals surface area contributed by atoms with E-state index in [1.54, 1.807) is 0 Å². The summed E-state index contributed by atoms with van der Waals surface area (Å²) in [6.07, 6.45) is 1.64. The third-order valence-electron chi connectivity index (χ3n) is 4.90. The molecule has 1 aromatic heterocycles.